The molecule has 0 aromatic heterocycles. The average molecular weight is 874 g/mol. The Balaban J connectivity index is 4.51. The Morgan fingerprint density at radius 2 is 0.790 bits per heavy atom. The van der Waals surface area contributed by atoms with Gasteiger partial charge in [-0.05, 0) is 70.6 Å². The highest BCUT2D eigenvalue weighted by atomic mass is 16.5. The van der Waals surface area contributed by atoms with Crippen LogP contribution >= 0.6 is 0 Å². The second-order valence-electron chi connectivity index (χ2n) is 19.0. The largest absolute Gasteiger partial charge is 0.462 e. The third kappa shape index (κ3) is 44.9. The number of hydrogen-bond acceptors (Lipinski definition) is 5. The molecule has 0 fully saturated rings. The van der Waals surface area contributed by atoms with E-state index in [0.29, 0.717) is 19.3 Å². The lowest BCUT2D eigenvalue weighted by Gasteiger charge is -2.24. The number of rotatable bonds is 50. The number of ether oxygens (including phenoxy) is 1. The standard InChI is InChI=1S/C56H107NO5/c1-4-7-10-13-16-19-22-25-27-28-29-30-33-36-39-42-45-48-54(59)53(51-58)57-55(60)50-52(47-44-41-38-35-32-24-21-18-15-12-9-6-3)62-56(61)49-46-43-40-37-34-31-26-23-20-17-14-11-8-5-2/h31,34-35,38,52-54,58-59H,4-30,32-33,36-37,39-51H2,1-3H3,(H,57,60)/b34-31-,38-35-. The van der Waals surface area contributed by atoms with E-state index in [1.807, 2.05) is 0 Å². The number of hydrogen-bond donors (Lipinski definition) is 3. The highest BCUT2D eigenvalue weighted by Crippen LogP contribution is 2.18. The SMILES string of the molecule is CCCCCCCCC/C=C\CCCCCC(=O)OC(CCC/C=C\CCCCCCCCC)CC(=O)NC(CO)C(O)CCCCCCCCCCCCCCCCCCC. The fraction of sp³-hybridized carbons (Fsp3) is 0.893. The van der Waals surface area contributed by atoms with Crippen LogP contribution in [0.1, 0.15) is 297 Å². The van der Waals surface area contributed by atoms with Crippen molar-refractivity contribution in [2.45, 2.75) is 315 Å². The van der Waals surface area contributed by atoms with E-state index in [-0.39, 0.29) is 24.9 Å². The summed E-state index contributed by atoms with van der Waals surface area (Å²) in [6, 6.07) is -0.709. The highest BCUT2D eigenvalue weighted by Gasteiger charge is 2.24. The molecule has 0 saturated heterocycles. The summed E-state index contributed by atoms with van der Waals surface area (Å²) in [6.45, 7) is 6.49. The molecule has 6 nitrogen and oxygen atoms in total. The van der Waals surface area contributed by atoms with E-state index in [1.54, 1.807) is 0 Å². The summed E-state index contributed by atoms with van der Waals surface area (Å²) in [5.41, 5.74) is 0. The van der Waals surface area contributed by atoms with Crippen molar-refractivity contribution in [3.63, 3.8) is 0 Å². The van der Waals surface area contributed by atoms with Crippen LogP contribution < -0.4 is 5.32 Å². The van der Waals surface area contributed by atoms with Crippen molar-refractivity contribution in [2.24, 2.45) is 0 Å². The quantitative estimate of drug-likeness (QED) is 0.0321. The molecule has 0 rings (SSSR count). The van der Waals surface area contributed by atoms with Crippen LogP contribution in [0.15, 0.2) is 24.3 Å². The number of aliphatic hydroxyl groups excluding tert-OH is 2. The summed E-state index contributed by atoms with van der Waals surface area (Å²) >= 11 is 0. The lowest BCUT2D eigenvalue weighted by molar-refractivity contribution is -0.151. The van der Waals surface area contributed by atoms with E-state index in [0.717, 1.165) is 57.8 Å². The predicted molar refractivity (Wildman–Crippen MR) is 269 cm³/mol. The van der Waals surface area contributed by atoms with Crippen molar-refractivity contribution >= 4 is 11.9 Å². The van der Waals surface area contributed by atoms with Crippen molar-refractivity contribution in [2.75, 3.05) is 6.61 Å². The molecule has 0 radical (unpaired) electrons. The average Bonchev–Trinajstić information content (AvgIpc) is 3.26. The highest BCUT2D eigenvalue weighted by molar-refractivity contribution is 5.77. The predicted octanol–water partition coefficient (Wildman–Crippen LogP) is 16.7. The van der Waals surface area contributed by atoms with Crippen molar-refractivity contribution in [3.8, 4) is 0 Å². The Bertz CT molecular complexity index is 981. The van der Waals surface area contributed by atoms with Crippen LogP contribution in [-0.4, -0.2) is 46.9 Å². The lowest BCUT2D eigenvalue weighted by atomic mass is 10.0. The molecular formula is C56H107NO5. The summed E-state index contributed by atoms with van der Waals surface area (Å²) in [7, 11) is 0. The minimum absolute atomic E-state index is 0.0549. The van der Waals surface area contributed by atoms with Gasteiger partial charge in [-0.15, -0.1) is 0 Å². The second kappa shape index (κ2) is 50.3. The van der Waals surface area contributed by atoms with Gasteiger partial charge >= 0.3 is 5.97 Å². The molecule has 3 unspecified atom stereocenters. The lowest BCUT2D eigenvalue weighted by Crippen LogP contribution is -2.46. The molecule has 0 bridgehead atoms. The molecule has 62 heavy (non-hydrogen) atoms. The number of nitrogens with one attached hydrogen (secondary N) is 1. The molecule has 0 aromatic carbocycles. The first-order chi connectivity index (χ1) is 30.5. The van der Waals surface area contributed by atoms with Gasteiger partial charge in [0.05, 0.1) is 25.2 Å². The van der Waals surface area contributed by atoms with Crippen LogP contribution in [0.2, 0.25) is 0 Å². The Hall–Kier alpha value is -1.66. The van der Waals surface area contributed by atoms with Crippen LogP contribution in [-0.2, 0) is 14.3 Å². The van der Waals surface area contributed by atoms with Crippen LogP contribution in [0.5, 0.6) is 0 Å². The Morgan fingerprint density at radius 3 is 1.18 bits per heavy atom. The third-order valence-electron chi connectivity index (χ3n) is 12.8. The second-order valence-corrected chi connectivity index (χ2v) is 19.0. The maximum absolute atomic E-state index is 13.2. The normalized spacial score (nSPS) is 13.3. The summed E-state index contributed by atoms with van der Waals surface area (Å²) in [5, 5.41) is 23.8. The minimum atomic E-state index is -0.794. The van der Waals surface area contributed by atoms with Gasteiger partial charge in [-0.3, -0.25) is 9.59 Å². The van der Waals surface area contributed by atoms with Gasteiger partial charge < -0.3 is 20.3 Å². The van der Waals surface area contributed by atoms with Crippen LogP contribution in [0.3, 0.4) is 0 Å². The first-order valence-corrected chi connectivity index (χ1v) is 27.6. The van der Waals surface area contributed by atoms with Crippen molar-refractivity contribution < 1.29 is 24.5 Å². The van der Waals surface area contributed by atoms with Crippen molar-refractivity contribution in [1.82, 2.24) is 5.32 Å². The number of carbonyl (C=O) groups is 2. The molecule has 0 aliphatic heterocycles. The van der Waals surface area contributed by atoms with E-state index in [9.17, 15) is 19.8 Å². The van der Waals surface area contributed by atoms with Gasteiger partial charge in [0, 0.05) is 6.42 Å². The van der Waals surface area contributed by atoms with Crippen molar-refractivity contribution in [1.29, 1.82) is 0 Å². The Morgan fingerprint density at radius 1 is 0.452 bits per heavy atom. The number of aliphatic hydroxyl groups is 2. The zero-order chi connectivity index (χ0) is 45.2. The zero-order valence-corrected chi connectivity index (χ0v) is 41.8. The molecular weight excluding hydrogens is 767 g/mol. The van der Waals surface area contributed by atoms with Crippen LogP contribution in [0.25, 0.3) is 0 Å². The first kappa shape index (κ1) is 60.3. The molecule has 0 saturated carbocycles. The van der Waals surface area contributed by atoms with E-state index >= 15 is 0 Å². The van der Waals surface area contributed by atoms with Gasteiger partial charge in [-0.25, -0.2) is 0 Å². The summed E-state index contributed by atoms with van der Waals surface area (Å²) in [6.07, 6.45) is 58.2. The van der Waals surface area contributed by atoms with Gasteiger partial charge in [-0.1, -0.05) is 238 Å². The molecule has 0 aliphatic carbocycles. The van der Waals surface area contributed by atoms with Gasteiger partial charge in [0.1, 0.15) is 6.10 Å². The number of esters is 1. The Kier molecular flexibility index (Phi) is 49.0. The van der Waals surface area contributed by atoms with Crippen LogP contribution in [0, 0.1) is 0 Å². The van der Waals surface area contributed by atoms with E-state index in [1.165, 1.54) is 193 Å². The third-order valence-corrected chi connectivity index (χ3v) is 12.8. The fourth-order valence-electron chi connectivity index (χ4n) is 8.54. The Labute approximate surface area is 386 Å². The zero-order valence-electron chi connectivity index (χ0n) is 41.8. The molecule has 0 heterocycles. The van der Waals surface area contributed by atoms with Crippen molar-refractivity contribution in [3.05, 3.63) is 24.3 Å². The first-order valence-electron chi connectivity index (χ1n) is 27.6. The monoisotopic (exact) mass is 874 g/mol. The fourth-order valence-corrected chi connectivity index (χ4v) is 8.54. The summed E-state index contributed by atoms with van der Waals surface area (Å²) in [5.74, 6) is -0.509. The molecule has 3 N–H and O–H groups in total. The molecule has 366 valence electrons. The number of carbonyl (C=O) groups excluding carboxylic acids is 2. The molecule has 0 aliphatic rings. The maximum Gasteiger partial charge on any atom is 0.306 e. The summed E-state index contributed by atoms with van der Waals surface area (Å²) < 4.78 is 5.91. The van der Waals surface area contributed by atoms with E-state index < -0.39 is 18.2 Å². The summed E-state index contributed by atoms with van der Waals surface area (Å²) in [4.78, 5) is 26.1. The topological polar surface area (TPSA) is 95.9 Å². The molecule has 0 aromatic rings. The van der Waals surface area contributed by atoms with E-state index in [2.05, 4.69) is 50.4 Å². The molecule has 0 spiro atoms. The van der Waals surface area contributed by atoms with Gasteiger partial charge in [0.25, 0.3) is 0 Å². The van der Waals surface area contributed by atoms with E-state index in [4.69, 9.17) is 4.74 Å². The molecule has 6 heteroatoms. The number of allylic oxidation sites excluding steroid dienone is 4. The number of amides is 1. The maximum atomic E-state index is 13.2. The van der Waals surface area contributed by atoms with Crippen LogP contribution in [0.4, 0.5) is 0 Å². The molecule has 3 atom stereocenters. The number of unbranched alkanes of at least 4 members (excludes halogenated alkanes) is 34. The van der Waals surface area contributed by atoms with Gasteiger partial charge in [0.2, 0.25) is 5.91 Å². The smallest absolute Gasteiger partial charge is 0.306 e. The van der Waals surface area contributed by atoms with Gasteiger partial charge in [-0.2, -0.15) is 0 Å². The molecule has 1 amide bonds. The minimum Gasteiger partial charge on any atom is -0.462 e. The van der Waals surface area contributed by atoms with Gasteiger partial charge in [0.15, 0.2) is 0 Å².